The van der Waals surface area contributed by atoms with Crippen molar-refractivity contribution in [3.63, 3.8) is 0 Å². The summed E-state index contributed by atoms with van der Waals surface area (Å²) in [6.45, 7) is 6.28. The number of rotatable bonds is 3. The van der Waals surface area contributed by atoms with Crippen molar-refractivity contribution < 1.29 is 9.35 Å². The molecule has 24 heavy (non-hydrogen) atoms. The van der Waals surface area contributed by atoms with E-state index in [1.165, 1.54) is 16.7 Å². The summed E-state index contributed by atoms with van der Waals surface area (Å²) >= 11 is 0. The Morgan fingerprint density at radius 3 is 0.917 bits per heavy atom. The van der Waals surface area contributed by atoms with Crippen LogP contribution in [-0.2, 0) is 9.35 Å². The van der Waals surface area contributed by atoms with Crippen molar-refractivity contribution in [2.75, 3.05) is 0 Å². The first-order chi connectivity index (χ1) is 11.5. The third-order valence-corrected chi connectivity index (χ3v) is 9.11. The van der Waals surface area contributed by atoms with Crippen LogP contribution in [0.5, 0.6) is 0 Å². The quantitative estimate of drug-likeness (QED) is 0.406. The number of aryl methyl sites for hydroxylation is 3. The first kappa shape index (κ1) is 15.5. The maximum atomic E-state index is 5.99. The third kappa shape index (κ3) is 2.08. The molecule has 0 atom stereocenters. The van der Waals surface area contributed by atoms with Gasteiger partial charge in [0.2, 0.25) is 0 Å². The summed E-state index contributed by atoms with van der Waals surface area (Å²) in [7, 11) is -3.20. The van der Waals surface area contributed by atoms with Gasteiger partial charge in [-0.05, 0) is 0 Å². The fourth-order valence-corrected chi connectivity index (χ4v) is 7.08. The Hall–Kier alpha value is -1.99. The van der Waals surface area contributed by atoms with Crippen LogP contribution in [0.1, 0.15) is 16.7 Å². The molecule has 1 fully saturated rings. The average molecular weight is 336 g/mol. The zero-order chi connectivity index (χ0) is 16.8. The first-order valence-corrected chi connectivity index (χ1v) is 10.2. The fraction of sp³-hybridized carbons (Fsp3) is 0.143. The molecule has 0 radical (unpaired) electrons. The van der Waals surface area contributed by atoms with Gasteiger partial charge in [0.1, 0.15) is 0 Å². The molecule has 0 bridgehead atoms. The van der Waals surface area contributed by atoms with Crippen molar-refractivity contribution in [1.29, 1.82) is 0 Å². The van der Waals surface area contributed by atoms with Gasteiger partial charge in [-0.15, -0.1) is 0 Å². The maximum absolute atomic E-state index is 5.99. The summed E-state index contributed by atoms with van der Waals surface area (Å²) < 4.78 is 12.0. The Labute approximate surface area is 143 Å². The fourth-order valence-electron chi connectivity index (χ4n) is 3.20. The molecule has 0 aliphatic carbocycles. The zero-order valence-electron chi connectivity index (χ0n) is 14.2. The molecule has 4 rings (SSSR count). The van der Waals surface area contributed by atoms with Crippen molar-refractivity contribution in [3.8, 4) is 0 Å². The van der Waals surface area contributed by atoms with Gasteiger partial charge in [0.25, 0.3) is 0 Å². The summed E-state index contributed by atoms with van der Waals surface area (Å²) in [6, 6.07) is 25.6. The van der Waals surface area contributed by atoms with Crippen molar-refractivity contribution >= 4 is 23.0 Å². The minimum absolute atomic E-state index is 1.11. The molecule has 0 amide bonds. The Bertz CT molecular complexity index is 759. The summed E-state index contributed by atoms with van der Waals surface area (Å²) in [5, 5.41) is 3.33. The van der Waals surface area contributed by atoms with Crippen LogP contribution in [0.3, 0.4) is 0 Å². The number of hydrogen-bond donors (Lipinski definition) is 0. The molecule has 3 heteroatoms. The Morgan fingerprint density at radius 1 is 0.458 bits per heavy atom. The Morgan fingerprint density at radius 2 is 0.708 bits per heavy atom. The van der Waals surface area contributed by atoms with Gasteiger partial charge in [0.15, 0.2) is 0 Å². The molecule has 1 aliphatic rings. The van der Waals surface area contributed by atoms with Crippen LogP contribution in [0.15, 0.2) is 72.8 Å². The first-order valence-electron chi connectivity index (χ1n) is 8.17. The Kier molecular flexibility index (Phi) is 3.40. The zero-order valence-corrected chi connectivity index (χ0v) is 15.1. The molecular weight excluding hydrogens is 315 g/mol. The summed E-state index contributed by atoms with van der Waals surface area (Å²) in [5.74, 6) is 0. The molecule has 0 aromatic heterocycles. The molecular formula is C21H21O2P. The van der Waals surface area contributed by atoms with Gasteiger partial charge in [0, 0.05) is 0 Å². The van der Waals surface area contributed by atoms with Gasteiger partial charge in [-0.3, -0.25) is 0 Å². The SMILES string of the molecule is Cc1ccc(P2(c3ccc(C)cc3)(c3ccc(C)cc3)OO2)cc1. The van der Waals surface area contributed by atoms with Crippen LogP contribution in [-0.4, -0.2) is 0 Å². The summed E-state index contributed by atoms with van der Waals surface area (Å²) in [4.78, 5) is 0. The summed E-state index contributed by atoms with van der Waals surface area (Å²) in [5.41, 5.74) is 3.68. The monoisotopic (exact) mass is 336 g/mol. The molecule has 1 aliphatic heterocycles. The number of benzene rings is 3. The van der Waals surface area contributed by atoms with E-state index in [0.29, 0.717) is 0 Å². The standard InChI is InChI=1S/C21H21O2P/c1-16-4-10-19(11-5-16)24(22-23-24,20-12-6-17(2)7-13-20)21-14-8-18(3)9-15-21/h4-15H,1-3H3. The van der Waals surface area contributed by atoms with Gasteiger partial charge in [-0.2, -0.15) is 0 Å². The molecule has 0 unspecified atom stereocenters. The molecule has 0 N–H and O–H groups in total. The van der Waals surface area contributed by atoms with Crippen LogP contribution in [0.2, 0.25) is 0 Å². The van der Waals surface area contributed by atoms with Gasteiger partial charge < -0.3 is 0 Å². The van der Waals surface area contributed by atoms with Gasteiger partial charge in [-0.25, -0.2) is 0 Å². The van der Waals surface area contributed by atoms with E-state index in [2.05, 4.69) is 93.6 Å². The molecule has 2 nitrogen and oxygen atoms in total. The van der Waals surface area contributed by atoms with Crippen molar-refractivity contribution in [2.24, 2.45) is 0 Å². The molecule has 1 saturated heterocycles. The average Bonchev–Trinajstić information content (AvgIpc) is 3.35. The predicted molar refractivity (Wildman–Crippen MR) is 102 cm³/mol. The van der Waals surface area contributed by atoms with E-state index < -0.39 is 7.06 Å². The van der Waals surface area contributed by atoms with Gasteiger partial charge in [0.05, 0.1) is 0 Å². The van der Waals surface area contributed by atoms with E-state index >= 15 is 0 Å². The van der Waals surface area contributed by atoms with E-state index in [4.69, 9.17) is 9.35 Å². The second kappa shape index (κ2) is 5.26. The third-order valence-electron chi connectivity index (χ3n) is 4.81. The molecule has 122 valence electrons. The summed E-state index contributed by atoms with van der Waals surface area (Å²) in [6.07, 6.45) is 0. The van der Waals surface area contributed by atoms with Crippen LogP contribution in [0.4, 0.5) is 0 Å². The van der Waals surface area contributed by atoms with E-state index in [-0.39, 0.29) is 0 Å². The van der Waals surface area contributed by atoms with Gasteiger partial charge >= 0.3 is 143 Å². The van der Waals surface area contributed by atoms with Crippen LogP contribution in [0, 0.1) is 20.8 Å². The van der Waals surface area contributed by atoms with E-state index in [0.717, 1.165) is 15.9 Å². The Balaban J connectivity index is 2.01. The second-order valence-electron chi connectivity index (χ2n) is 6.61. The number of hydrogen-bond acceptors (Lipinski definition) is 2. The normalized spacial score (nSPS) is 19.2. The van der Waals surface area contributed by atoms with Crippen molar-refractivity contribution in [2.45, 2.75) is 20.8 Å². The van der Waals surface area contributed by atoms with E-state index in [9.17, 15) is 0 Å². The van der Waals surface area contributed by atoms with E-state index in [1.807, 2.05) is 0 Å². The van der Waals surface area contributed by atoms with Crippen LogP contribution in [0.25, 0.3) is 0 Å². The van der Waals surface area contributed by atoms with Gasteiger partial charge in [-0.1, -0.05) is 0 Å². The molecule has 3 aromatic carbocycles. The van der Waals surface area contributed by atoms with Crippen LogP contribution >= 0.6 is 7.06 Å². The van der Waals surface area contributed by atoms with E-state index in [1.54, 1.807) is 0 Å². The predicted octanol–water partition coefficient (Wildman–Crippen LogP) is 4.23. The molecule has 0 spiro atoms. The molecule has 3 aromatic rings. The van der Waals surface area contributed by atoms with Crippen LogP contribution < -0.4 is 15.9 Å². The second-order valence-corrected chi connectivity index (χ2v) is 10.4. The van der Waals surface area contributed by atoms with Crippen molar-refractivity contribution in [3.05, 3.63) is 89.5 Å². The minimum atomic E-state index is -3.20. The molecule has 1 heterocycles. The molecule has 0 saturated carbocycles. The van der Waals surface area contributed by atoms with Crippen molar-refractivity contribution in [1.82, 2.24) is 0 Å². The topological polar surface area (TPSA) is 25.1 Å².